The predicted molar refractivity (Wildman–Crippen MR) is 119 cm³/mol. The van der Waals surface area contributed by atoms with Crippen molar-refractivity contribution >= 4 is 23.2 Å². The molecule has 0 aromatic heterocycles. The van der Waals surface area contributed by atoms with Gasteiger partial charge in [0.2, 0.25) is 0 Å². The van der Waals surface area contributed by atoms with Gasteiger partial charge in [0.25, 0.3) is 11.8 Å². The maximum atomic E-state index is 12.8. The van der Waals surface area contributed by atoms with E-state index in [4.69, 9.17) is 14.2 Å². The lowest BCUT2D eigenvalue weighted by atomic mass is 10.1. The van der Waals surface area contributed by atoms with Gasteiger partial charge in [0.15, 0.2) is 18.1 Å². The summed E-state index contributed by atoms with van der Waals surface area (Å²) in [6, 6.07) is 21.3. The highest BCUT2D eigenvalue weighted by molar-refractivity contribution is 6.06. The molecule has 3 rings (SSSR count). The van der Waals surface area contributed by atoms with Crippen LogP contribution in [0.25, 0.3) is 0 Å². The third kappa shape index (κ3) is 5.33. The summed E-state index contributed by atoms with van der Waals surface area (Å²) in [5.74, 6) is 0.730. The number of hydrogen-bond acceptors (Lipinski definition) is 5. The summed E-state index contributed by atoms with van der Waals surface area (Å²) in [6.07, 6.45) is 0. The topological polar surface area (TPSA) is 77.1 Å². The van der Waals surface area contributed by atoms with Gasteiger partial charge in [-0.1, -0.05) is 30.3 Å². The normalized spacial score (nSPS) is 10.2. The summed E-state index contributed by atoms with van der Waals surface area (Å²) in [6.45, 7) is -0.231. The zero-order valence-electron chi connectivity index (χ0n) is 17.6. The highest BCUT2D eigenvalue weighted by atomic mass is 16.5. The Morgan fingerprint density at radius 3 is 2.23 bits per heavy atom. The molecule has 7 heteroatoms. The summed E-state index contributed by atoms with van der Waals surface area (Å²) in [7, 11) is 4.72. The lowest BCUT2D eigenvalue weighted by Crippen LogP contribution is -2.26. The Morgan fingerprint density at radius 1 is 0.839 bits per heavy atom. The van der Waals surface area contributed by atoms with E-state index in [2.05, 4.69) is 5.32 Å². The van der Waals surface area contributed by atoms with E-state index in [0.717, 1.165) is 5.69 Å². The number of rotatable bonds is 8. The van der Waals surface area contributed by atoms with Gasteiger partial charge in [-0.05, 0) is 42.5 Å². The van der Waals surface area contributed by atoms with Gasteiger partial charge >= 0.3 is 0 Å². The molecule has 0 bridgehead atoms. The average molecular weight is 420 g/mol. The molecule has 3 aromatic rings. The van der Waals surface area contributed by atoms with Crippen molar-refractivity contribution < 1.29 is 23.8 Å². The van der Waals surface area contributed by atoms with Crippen LogP contribution < -0.4 is 24.4 Å². The van der Waals surface area contributed by atoms with Crippen LogP contribution in [0.15, 0.2) is 72.8 Å². The Hall–Kier alpha value is -4.00. The first-order chi connectivity index (χ1) is 15.0. The lowest BCUT2D eigenvalue weighted by molar-refractivity contribution is -0.118. The molecule has 0 atom stereocenters. The standard InChI is InChI=1S/C24H24N2O5/c1-26(18-9-5-4-6-10-18)24(28)17-13-14-21(22(15-17)30-3)31-16-23(27)25-19-11-7-8-12-20(19)29-2/h4-15H,16H2,1-3H3,(H,25,27). The number of benzene rings is 3. The molecular formula is C24H24N2O5. The van der Waals surface area contributed by atoms with Gasteiger partial charge in [-0.15, -0.1) is 0 Å². The molecule has 0 fully saturated rings. The first-order valence-corrected chi connectivity index (χ1v) is 9.60. The van der Waals surface area contributed by atoms with Crippen LogP contribution in [-0.4, -0.2) is 39.7 Å². The molecular weight excluding hydrogens is 396 g/mol. The van der Waals surface area contributed by atoms with Gasteiger partial charge in [0.1, 0.15) is 5.75 Å². The molecule has 0 radical (unpaired) electrons. The Bertz CT molecular complexity index is 1050. The number of para-hydroxylation sites is 3. The van der Waals surface area contributed by atoms with Crippen molar-refractivity contribution in [2.24, 2.45) is 0 Å². The van der Waals surface area contributed by atoms with Crippen LogP contribution in [0.4, 0.5) is 11.4 Å². The molecule has 2 amide bonds. The van der Waals surface area contributed by atoms with Crippen molar-refractivity contribution in [1.29, 1.82) is 0 Å². The molecule has 0 aliphatic heterocycles. The maximum absolute atomic E-state index is 12.8. The van der Waals surface area contributed by atoms with E-state index >= 15 is 0 Å². The summed E-state index contributed by atoms with van der Waals surface area (Å²) in [5.41, 5.74) is 1.77. The van der Waals surface area contributed by atoms with Crippen LogP contribution >= 0.6 is 0 Å². The molecule has 0 unspecified atom stereocenters. The Kier molecular flexibility index (Phi) is 7.11. The smallest absolute Gasteiger partial charge is 0.262 e. The van der Waals surface area contributed by atoms with Gasteiger partial charge < -0.3 is 24.4 Å². The molecule has 3 aromatic carbocycles. The van der Waals surface area contributed by atoms with Gasteiger partial charge in [0, 0.05) is 18.3 Å². The van der Waals surface area contributed by atoms with Crippen LogP contribution in [0, 0.1) is 0 Å². The quantitative estimate of drug-likeness (QED) is 0.596. The second kappa shape index (κ2) is 10.2. The number of carbonyl (C=O) groups is 2. The molecule has 160 valence electrons. The number of amides is 2. The Labute approximate surface area is 181 Å². The van der Waals surface area contributed by atoms with Crippen LogP contribution in [0.5, 0.6) is 17.2 Å². The molecule has 0 spiro atoms. The van der Waals surface area contributed by atoms with Crippen molar-refractivity contribution in [1.82, 2.24) is 0 Å². The molecule has 0 aliphatic carbocycles. The fourth-order valence-corrected chi connectivity index (χ4v) is 2.96. The van der Waals surface area contributed by atoms with E-state index in [1.165, 1.54) is 14.2 Å². The van der Waals surface area contributed by atoms with E-state index in [9.17, 15) is 9.59 Å². The van der Waals surface area contributed by atoms with Crippen LogP contribution in [0.3, 0.4) is 0 Å². The van der Waals surface area contributed by atoms with Crippen LogP contribution in [0.1, 0.15) is 10.4 Å². The first-order valence-electron chi connectivity index (χ1n) is 9.60. The van der Waals surface area contributed by atoms with Gasteiger partial charge in [0.05, 0.1) is 19.9 Å². The van der Waals surface area contributed by atoms with Crippen molar-refractivity contribution in [3.05, 3.63) is 78.4 Å². The SMILES string of the molecule is COc1ccccc1NC(=O)COc1ccc(C(=O)N(C)c2ccccc2)cc1OC. The first kappa shape index (κ1) is 21.7. The zero-order valence-corrected chi connectivity index (χ0v) is 17.6. The monoisotopic (exact) mass is 420 g/mol. The fourth-order valence-electron chi connectivity index (χ4n) is 2.96. The van der Waals surface area contributed by atoms with Crippen LogP contribution in [-0.2, 0) is 4.79 Å². The minimum absolute atomic E-state index is 0.190. The third-order valence-electron chi connectivity index (χ3n) is 4.60. The van der Waals surface area contributed by atoms with Crippen molar-refractivity contribution in [3.63, 3.8) is 0 Å². The molecule has 0 heterocycles. The second-order valence-electron chi connectivity index (χ2n) is 6.60. The molecule has 7 nitrogen and oxygen atoms in total. The number of ether oxygens (including phenoxy) is 3. The Balaban J connectivity index is 1.67. The predicted octanol–water partition coefficient (Wildman–Crippen LogP) is 4.00. The van der Waals surface area contributed by atoms with Gasteiger partial charge in [-0.25, -0.2) is 0 Å². The molecule has 1 N–H and O–H groups in total. The highest BCUT2D eigenvalue weighted by Crippen LogP contribution is 2.29. The number of hydrogen-bond donors (Lipinski definition) is 1. The van der Waals surface area contributed by atoms with E-state index < -0.39 is 0 Å². The van der Waals surface area contributed by atoms with Crippen molar-refractivity contribution in [3.8, 4) is 17.2 Å². The lowest BCUT2D eigenvalue weighted by Gasteiger charge is -2.18. The molecule has 31 heavy (non-hydrogen) atoms. The van der Waals surface area contributed by atoms with Crippen LogP contribution in [0.2, 0.25) is 0 Å². The third-order valence-corrected chi connectivity index (χ3v) is 4.60. The highest BCUT2D eigenvalue weighted by Gasteiger charge is 2.17. The van der Waals surface area contributed by atoms with E-state index in [1.807, 2.05) is 36.4 Å². The van der Waals surface area contributed by atoms with Gasteiger partial charge in [-0.2, -0.15) is 0 Å². The largest absolute Gasteiger partial charge is 0.495 e. The zero-order chi connectivity index (χ0) is 22.2. The summed E-state index contributed by atoms with van der Waals surface area (Å²) in [5, 5.41) is 2.74. The second-order valence-corrected chi connectivity index (χ2v) is 6.60. The Morgan fingerprint density at radius 2 is 1.52 bits per heavy atom. The molecule has 0 saturated heterocycles. The summed E-state index contributed by atoms with van der Waals surface area (Å²) < 4.78 is 16.2. The molecule has 0 saturated carbocycles. The maximum Gasteiger partial charge on any atom is 0.262 e. The minimum atomic E-state index is -0.351. The summed E-state index contributed by atoms with van der Waals surface area (Å²) >= 11 is 0. The minimum Gasteiger partial charge on any atom is -0.495 e. The van der Waals surface area contributed by atoms with E-state index in [0.29, 0.717) is 28.5 Å². The number of methoxy groups -OCH3 is 2. The van der Waals surface area contributed by atoms with Gasteiger partial charge in [-0.3, -0.25) is 9.59 Å². The number of carbonyl (C=O) groups excluding carboxylic acids is 2. The van der Waals surface area contributed by atoms with E-state index in [1.54, 1.807) is 48.3 Å². The average Bonchev–Trinajstić information content (AvgIpc) is 2.82. The number of nitrogens with zero attached hydrogens (tertiary/aromatic N) is 1. The molecule has 0 aliphatic rings. The van der Waals surface area contributed by atoms with Crippen molar-refractivity contribution in [2.75, 3.05) is 38.1 Å². The van der Waals surface area contributed by atoms with E-state index in [-0.39, 0.29) is 18.4 Å². The van der Waals surface area contributed by atoms with Crippen molar-refractivity contribution in [2.45, 2.75) is 0 Å². The number of anilines is 2. The number of nitrogens with one attached hydrogen (secondary N) is 1. The summed E-state index contributed by atoms with van der Waals surface area (Å²) in [4.78, 5) is 26.6. The fraction of sp³-hybridized carbons (Fsp3) is 0.167.